The average Bonchev–Trinajstić information content (AvgIpc) is 2.86. The first kappa shape index (κ1) is 13.0. The first-order chi connectivity index (χ1) is 9.78. The predicted molar refractivity (Wildman–Crippen MR) is 80.0 cm³/mol. The molecule has 20 heavy (non-hydrogen) atoms. The van der Waals surface area contributed by atoms with Gasteiger partial charge in [-0.3, -0.25) is 0 Å². The van der Waals surface area contributed by atoms with Crippen LogP contribution in [0.3, 0.4) is 0 Å². The van der Waals surface area contributed by atoms with Gasteiger partial charge in [0.2, 0.25) is 0 Å². The van der Waals surface area contributed by atoms with E-state index in [-0.39, 0.29) is 0 Å². The van der Waals surface area contributed by atoms with Crippen LogP contribution < -0.4 is 10.5 Å². The van der Waals surface area contributed by atoms with Crippen molar-refractivity contribution in [2.75, 3.05) is 12.3 Å². The fourth-order valence-electron chi connectivity index (χ4n) is 2.87. The van der Waals surface area contributed by atoms with Gasteiger partial charge in [0, 0.05) is 16.9 Å². The Morgan fingerprint density at radius 3 is 3.00 bits per heavy atom. The van der Waals surface area contributed by atoms with Gasteiger partial charge in [0.15, 0.2) is 0 Å². The molecule has 1 heterocycles. The number of ether oxygens (including phenoxy) is 1. The number of hydrogen-bond donors (Lipinski definition) is 1. The Kier molecular flexibility index (Phi) is 3.63. The SMILES string of the molecule is CCOc1ccc(N)cc1Cn1cnc2c1CCCC2. The van der Waals surface area contributed by atoms with Gasteiger partial charge in [-0.05, 0) is 50.8 Å². The Hall–Kier alpha value is -1.97. The van der Waals surface area contributed by atoms with E-state index in [4.69, 9.17) is 10.5 Å². The Morgan fingerprint density at radius 1 is 1.30 bits per heavy atom. The number of rotatable bonds is 4. The maximum Gasteiger partial charge on any atom is 0.124 e. The van der Waals surface area contributed by atoms with E-state index < -0.39 is 0 Å². The largest absolute Gasteiger partial charge is 0.494 e. The van der Waals surface area contributed by atoms with Crippen molar-refractivity contribution < 1.29 is 4.74 Å². The lowest BCUT2D eigenvalue weighted by atomic mass is 10.0. The zero-order chi connectivity index (χ0) is 13.9. The molecular formula is C16H21N3O. The summed E-state index contributed by atoms with van der Waals surface area (Å²) in [6.45, 7) is 3.45. The number of nitrogens with zero attached hydrogens (tertiary/aromatic N) is 2. The van der Waals surface area contributed by atoms with Crippen molar-refractivity contribution >= 4 is 5.69 Å². The summed E-state index contributed by atoms with van der Waals surface area (Å²) in [6, 6.07) is 5.84. The third kappa shape index (κ3) is 2.50. The maximum absolute atomic E-state index is 5.91. The normalized spacial score (nSPS) is 14.1. The highest BCUT2D eigenvalue weighted by Gasteiger charge is 2.16. The fourth-order valence-corrected chi connectivity index (χ4v) is 2.87. The van der Waals surface area contributed by atoms with Crippen LogP contribution in [0.1, 0.15) is 36.7 Å². The number of fused-ring (bicyclic) bond motifs is 1. The molecule has 106 valence electrons. The summed E-state index contributed by atoms with van der Waals surface area (Å²) in [4.78, 5) is 4.54. The van der Waals surface area contributed by atoms with Crippen molar-refractivity contribution in [2.24, 2.45) is 0 Å². The van der Waals surface area contributed by atoms with E-state index in [2.05, 4.69) is 9.55 Å². The Morgan fingerprint density at radius 2 is 2.15 bits per heavy atom. The van der Waals surface area contributed by atoms with Crippen LogP contribution >= 0.6 is 0 Å². The van der Waals surface area contributed by atoms with Crippen molar-refractivity contribution in [3.05, 3.63) is 41.5 Å². The van der Waals surface area contributed by atoms with Crippen molar-refractivity contribution in [1.82, 2.24) is 9.55 Å². The van der Waals surface area contributed by atoms with E-state index in [0.717, 1.165) is 36.4 Å². The quantitative estimate of drug-likeness (QED) is 0.870. The minimum absolute atomic E-state index is 0.666. The van der Waals surface area contributed by atoms with Crippen LogP contribution in [0.2, 0.25) is 0 Å². The summed E-state index contributed by atoms with van der Waals surface area (Å²) >= 11 is 0. The van der Waals surface area contributed by atoms with Gasteiger partial charge < -0.3 is 15.0 Å². The van der Waals surface area contributed by atoms with E-state index in [1.165, 1.54) is 24.2 Å². The highest BCUT2D eigenvalue weighted by Crippen LogP contribution is 2.25. The molecule has 0 radical (unpaired) electrons. The molecule has 4 nitrogen and oxygen atoms in total. The minimum atomic E-state index is 0.666. The first-order valence-corrected chi connectivity index (χ1v) is 7.32. The summed E-state index contributed by atoms with van der Waals surface area (Å²) in [5.41, 5.74) is 10.4. The number of nitrogens with two attached hydrogens (primary N) is 1. The number of anilines is 1. The van der Waals surface area contributed by atoms with E-state index in [0.29, 0.717) is 6.61 Å². The third-order valence-corrected chi connectivity index (χ3v) is 3.84. The van der Waals surface area contributed by atoms with E-state index in [1.807, 2.05) is 31.5 Å². The average molecular weight is 271 g/mol. The third-order valence-electron chi connectivity index (χ3n) is 3.84. The summed E-state index contributed by atoms with van der Waals surface area (Å²) in [6.07, 6.45) is 6.70. The monoisotopic (exact) mass is 271 g/mol. The van der Waals surface area contributed by atoms with Crippen molar-refractivity contribution in [3.63, 3.8) is 0 Å². The predicted octanol–water partition coefficient (Wildman–Crippen LogP) is 2.79. The summed E-state index contributed by atoms with van der Waals surface area (Å²) in [5, 5.41) is 0. The molecule has 0 amide bonds. The van der Waals surface area contributed by atoms with Crippen molar-refractivity contribution in [1.29, 1.82) is 0 Å². The fraction of sp³-hybridized carbons (Fsp3) is 0.438. The van der Waals surface area contributed by atoms with Gasteiger partial charge >= 0.3 is 0 Å². The molecule has 0 bridgehead atoms. The van der Waals surface area contributed by atoms with Gasteiger partial charge in [-0.15, -0.1) is 0 Å². The molecule has 3 rings (SSSR count). The minimum Gasteiger partial charge on any atom is -0.494 e. The Labute approximate surface area is 119 Å². The lowest BCUT2D eigenvalue weighted by molar-refractivity contribution is 0.335. The molecule has 1 aliphatic rings. The highest BCUT2D eigenvalue weighted by atomic mass is 16.5. The topological polar surface area (TPSA) is 53.1 Å². The zero-order valence-electron chi connectivity index (χ0n) is 11.9. The molecular weight excluding hydrogens is 250 g/mol. The Balaban J connectivity index is 1.90. The number of imidazole rings is 1. The van der Waals surface area contributed by atoms with Gasteiger partial charge in [-0.1, -0.05) is 0 Å². The number of aryl methyl sites for hydroxylation is 1. The molecule has 1 aromatic heterocycles. The molecule has 0 spiro atoms. The number of benzene rings is 1. The second-order valence-corrected chi connectivity index (χ2v) is 5.27. The highest BCUT2D eigenvalue weighted by molar-refractivity contribution is 5.48. The van der Waals surface area contributed by atoms with Crippen LogP contribution in [0.5, 0.6) is 5.75 Å². The van der Waals surface area contributed by atoms with E-state index in [9.17, 15) is 0 Å². The number of nitrogen functional groups attached to an aromatic ring is 1. The van der Waals surface area contributed by atoms with Gasteiger partial charge in [-0.2, -0.15) is 0 Å². The number of hydrogen-bond acceptors (Lipinski definition) is 3. The summed E-state index contributed by atoms with van der Waals surface area (Å²) in [5.74, 6) is 0.917. The molecule has 0 saturated carbocycles. The standard InChI is InChI=1S/C16H21N3O/c1-2-20-16-8-7-13(17)9-12(16)10-19-11-18-14-5-3-4-6-15(14)19/h7-9,11H,2-6,10,17H2,1H3. The molecule has 4 heteroatoms. The zero-order valence-corrected chi connectivity index (χ0v) is 11.9. The molecule has 2 aromatic rings. The molecule has 0 aliphatic heterocycles. The van der Waals surface area contributed by atoms with Crippen LogP contribution in [0.4, 0.5) is 5.69 Å². The van der Waals surface area contributed by atoms with Gasteiger partial charge in [-0.25, -0.2) is 4.98 Å². The molecule has 0 atom stereocenters. The van der Waals surface area contributed by atoms with Crippen LogP contribution in [-0.2, 0) is 19.4 Å². The molecule has 0 fully saturated rings. The summed E-state index contributed by atoms with van der Waals surface area (Å²) in [7, 11) is 0. The van der Waals surface area contributed by atoms with Gasteiger partial charge in [0.1, 0.15) is 5.75 Å². The first-order valence-electron chi connectivity index (χ1n) is 7.32. The second kappa shape index (κ2) is 5.57. The van der Waals surface area contributed by atoms with Crippen LogP contribution in [-0.4, -0.2) is 16.2 Å². The molecule has 0 unspecified atom stereocenters. The van der Waals surface area contributed by atoms with Crippen LogP contribution in [0.15, 0.2) is 24.5 Å². The number of aromatic nitrogens is 2. The summed E-state index contributed by atoms with van der Waals surface area (Å²) < 4.78 is 7.94. The lowest BCUT2D eigenvalue weighted by Crippen LogP contribution is -2.10. The molecule has 1 aromatic carbocycles. The lowest BCUT2D eigenvalue weighted by Gasteiger charge is -2.16. The van der Waals surface area contributed by atoms with E-state index in [1.54, 1.807) is 0 Å². The second-order valence-electron chi connectivity index (χ2n) is 5.27. The van der Waals surface area contributed by atoms with Crippen molar-refractivity contribution in [2.45, 2.75) is 39.2 Å². The molecule has 1 aliphatic carbocycles. The van der Waals surface area contributed by atoms with Crippen LogP contribution in [0, 0.1) is 0 Å². The van der Waals surface area contributed by atoms with E-state index >= 15 is 0 Å². The smallest absolute Gasteiger partial charge is 0.124 e. The van der Waals surface area contributed by atoms with Crippen molar-refractivity contribution in [3.8, 4) is 5.75 Å². The van der Waals surface area contributed by atoms with Gasteiger partial charge in [0.05, 0.1) is 25.2 Å². The molecule has 2 N–H and O–H groups in total. The van der Waals surface area contributed by atoms with Crippen LogP contribution in [0.25, 0.3) is 0 Å². The molecule has 0 saturated heterocycles. The maximum atomic E-state index is 5.91. The van der Waals surface area contributed by atoms with Gasteiger partial charge in [0.25, 0.3) is 0 Å². The Bertz CT molecular complexity index is 604.